The van der Waals surface area contributed by atoms with Gasteiger partial charge in [0.05, 0.1) is 0 Å². The Hall–Kier alpha value is -0.0800. The monoisotopic (exact) mass is 222 g/mol. The second-order valence-electron chi connectivity index (χ2n) is 6.68. The molecular weight excluding hydrogens is 196 g/mol. The summed E-state index contributed by atoms with van der Waals surface area (Å²) in [6, 6.07) is 1.68. The van der Waals surface area contributed by atoms with E-state index in [1.54, 1.807) is 0 Å². The van der Waals surface area contributed by atoms with E-state index in [9.17, 15) is 0 Å². The van der Waals surface area contributed by atoms with Crippen molar-refractivity contribution in [2.75, 3.05) is 19.6 Å². The van der Waals surface area contributed by atoms with Crippen molar-refractivity contribution in [2.24, 2.45) is 5.41 Å². The summed E-state index contributed by atoms with van der Waals surface area (Å²) in [6.07, 6.45) is 10.1. The molecule has 2 saturated carbocycles. The molecule has 2 heteroatoms. The molecule has 1 atom stereocenters. The van der Waals surface area contributed by atoms with E-state index in [1.807, 2.05) is 0 Å². The fourth-order valence-electron chi connectivity index (χ4n) is 3.40. The highest BCUT2D eigenvalue weighted by molar-refractivity contribution is 4.91. The zero-order valence-electron chi connectivity index (χ0n) is 10.7. The highest BCUT2D eigenvalue weighted by Gasteiger charge is 2.35. The summed E-state index contributed by atoms with van der Waals surface area (Å²) in [5.74, 6) is 0. The maximum absolute atomic E-state index is 3.80. The molecule has 3 rings (SSSR count). The van der Waals surface area contributed by atoms with Crippen molar-refractivity contribution in [1.29, 1.82) is 0 Å². The van der Waals surface area contributed by atoms with Crippen LogP contribution in [0, 0.1) is 5.41 Å². The van der Waals surface area contributed by atoms with Crippen LogP contribution in [0.4, 0.5) is 0 Å². The van der Waals surface area contributed by atoms with Crippen molar-refractivity contribution in [3.8, 4) is 0 Å². The predicted octanol–water partition coefficient (Wildman–Crippen LogP) is 2.39. The van der Waals surface area contributed by atoms with Gasteiger partial charge in [-0.2, -0.15) is 0 Å². The minimum absolute atomic E-state index is 0.668. The zero-order chi connectivity index (χ0) is 11.0. The number of likely N-dealkylation sites (tertiary alicyclic amines) is 1. The third-order valence-corrected chi connectivity index (χ3v) is 4.72. The largest absolute Gasteiger partial charge is 0.310 e. The molecule has 0 radical (unpaired) electrons. The molecule has 0 amide bonds. The van der Waals surface area contributed by atoms with Gasteiger partial charge in [-0.25, -0.2) is 0 Å². The molecule has 0 spiro atoms. The topological polar surface area (TPSA) is 15.3 Å². The molecule has 1 N–H and O–H groups in total. The molecule has 92 valence electrons. The Bertz CT molecular complexity index is 243. The van der Waals surface area contributed by atoms with Crippen molar-refractivity contribution in [3.05, 3.63) is 0 Å². The molecule has 1 unspecified atom stereocenters. The Balaban J connectivity index is 1.47. The van der Waals surface area contributed by atoms with Crippen LogP contribution in [-0.4, -0.2) is 36.6 Å². The van der Waals surface area contributed by atoms with Gasteiger partial charge in [0, 0.05) is 25.2 Å². The van der Waals surface area contributed by atoms with Crippen molar-refractivity contribution >= 4 is 0 Å². The van der Waals surface area contributed by atoms with Crippen LogP contribution in [0.1, 0.15) is 51.9 Å². The quantitative estimate of drug-likeness (QED) is 0.786. The maximum Gasteiger partial charge on any atom is 0.0198 e. The second kappa shape index (κ2) is 4.30. The highest BCUT2D eigenvalue weighted by Crippen LogP contribution is 2.41. The average Bonchev–Trinajstić information content (AvgIpc) is 3.00. The third-order valence-electron chi connectivity index (χ3n) is 4.72. The van der Waals surface area contributed by atoms with Gasteiger partial charge in [0.25, 0.3) is 0 Å². The van der Waals surface area contributed by atoms with Crippen molar-refractivity contribution in [2.45, 2.75) is 64.0 Å². The first kappa shape index (κ1) is 11.0. The van der Waals surface area contributed by atoms with Crippen LogP contribution >= 0.6 is 0 Å². The Morgan fingerprint density at radius 3 is 2.56 bits per heavy atom. The molecule has 0 bridgehead atoms. The molecule has 1 aliphatic heterocycles. The predicted molar refractivity (Wildman–Crippen MR) is 67.6 cm³/mol. The summed E-state index contributed by atoms with van der Waals surface area (Å²) in [5, 5.41) is 3.80. The summed E-state index contributed by atoms with van der Waals surface area (Å²) in [5.41, 5.74) is 0.668. The number of nitrogens with zero attached hydrogens (tertiary/aromatic N) is 1. The Labute approximate surface area is 99.8 Å². The van der Waals surface area contributed by atoms with E-state index in [2.05, 4.69) is 17.1 Å². The van der Waals surface area contributed by atoms with Crippen LogP contribution in [0.2, 0.25) is 0 Å². The number of hydrogen-bond donors (Lipinski definition) is 1. The van der Waals surface area contributed by atoms with Crippen LogP contribution < -0.4 is 5.32 Å². The van der Waals surface area contributed by atoms with E-state index in [0.717, 1.165) is 12.1 Å². The first-order valence-corrected chi connectivity index (χ1v) is 7.22. The minimum Gasteiger partial charge on any atom is -0.310 e. The summed E-state index contributed by atoms with van der Waals surface area (Å²) in [7, 11) is 0. The summed E-state index contributed by atoms with van der Waals surface area (Å²) < 4.78 is 0. The molecule has 3 fully saturated rings. The second-order valence-corrected chi connectivity index (χ2v) is 6.68. The van der Waals surface area contributed by atoms with Crippen LogP contribution in [0.15, 0.2) is 0 Å². The van der Waals surface area contributed by atoms with E-state index < -0.39 is 0 Å². The van der Waals surface area contributed by atoms with Gasteiger partial charge in [-0.15, -0.1) is 0 Å². The first-order valence-electron chi connectivity index (χ1n) is 7.22. The standard InChI is InChI=1S/C14H26N2/c1-14(7-3-8-14)11-16-9-2-4-13(10-16)15-12-5-6-12/h12-13,15H,2-11H2,1H3. The lowest BCUT2D eigenvalue weighted by Gasteiger charge is -2.44. The fraction of sp³-hybridized carbons (Fsp3) is 1.00. The van der Waals surface area contributed by atoms with E-state index in [1.165, 1.54) is 64.6 Å². The normalized spacial score (nSPS) is 34.7. The lowest BCUT2D eigenvalue weighted by Crippen LogP contribution is -2.50. The minimum atomic E-state index is 0.668. The van der Waals surface area contributed by atoms with Crippen LogP contribution in [0.25, 0.3) is 0 Å². The van der Waals surface area contributed by atoms with Crippen LogP contribution in [-0.2, 0) is 0 Å². The van der Waals surface area contributed by atoms with Gasteiger partial charge in [0.1, 0.15) is 0 Å². The molecule has 2 nitrogen and oxygen atoms in total. The van der Waals surface area contributed by atoms with Gasteiger partial charge < -0.3 is 10.2 Å². The molecule has 0 aromatic heterocycles. The van der Waals surface area contributed by atoms with Crippen molar-refractivity contribution in [1.82, 2.24) is 10.2 Å². The molecule has 3 aliphatic rings. The molecule has 0 aromatic rings. The van der Waals surface area contributed by atoms with E-state index in [0.29, 0.717) is 5.41 Å². The van der Waals surface area contributed by atoms with Crippen molar-refractivity contribution in [3.63, 3.8) is 0 Å². The molecule has 2 aliphatic carbocycles. The maximum atomic E-state index is 3.80. The van der Waals surface area contributed by atoms with E-state index in [-0.39, 0.29) is 0 Å². The number of piperidine rings is 1. The lowest BCUT2D eigenvalue weighted by molar-refractivity contribution is 0.0652. The Kier molecular flexibility index (Phi) is 2.97. The highest BCUT2D eigenvalue weighted by atomic mass is 15.2. The zero-order valence-corrected chi connectivity index (χ0v) is 10.7. The van der Waals surface area contributed by atoms with E-state index in [4.69, 9.17) is 0 Å². The summed E-state index contributed by atoms with van der Waals surface area (Å²) in [6.45, 7) is 6.49. The Morgan fingerprint density at radius 2 is 1.94 bits per heavy atom. The van der Waals surface area contributed by atoms with Crippen LogP contribution in [0.3, 0.4) is 0 Å². The smallest absolute Gasteiger partial charge is 0.0198 e. The van der Waals surface area contributed by atoms with Gasteiger partial charge in [-0.05, 0) is 50.5 Å². The molecular formula is C14H26N2. The number of nitrogens with one attached hydrogen (secondary N) is 1. The SMILES string of the molecule is CC1(CN2CCCC(NC3CC3)C2)CCC1. The lowest BCUT2D eigenvalue weighted by atomic mass is 9.70. The summed E-state index contributed by atoms with van der Waals surface area (Å²) >= 11 is 0. The van der Waals surface area contributed by atoms with E-state index >= 15 is 0 Å². The van der Waals surface area contributed by atoms with Crippen molar-refractivity contribution < 1.29 is 0 Å². The molecule has 16 heavy (non-hydrogen) atoms. The number of hydrogen-bond acceptors (Lipinski definition) is 2. The van der Waals surface area contributed by atoms with Crippen LogP contribution in [0.5, 0.6) is 0 Å². The molecule has 1 heterocycles. The van der Waals surface area contributed by atoms with Gasteiger partial charge in [-0.1, -0.05) is 13.3 Å². The van der Waals surface area contributed by atoms with Gasteiger partial charge in [-0.3, -0.25) is 0 Å². The average molecular weight is 222 g/mol. The molecule has 0 aromatic carbocycles. The number of rotatable bonds is 4. The summed E-state index contributed by atoms with van der Waals surface area (Å²) in [4.78, 5) is 2.72. The molecule has 1 saturated heterocycles. The van der Waals surface area contributed by atoms with Gasteiger partial charge in [0.15, 0.2) is 0 Å². The van der Waals surface area contributed by atoms with Gasteiger partial charge in [0.2, 0.25) is 0 Å². The van der Waals surface area contributed by atoms with Gasteiger partial charge >= 0.3 is 0 Å². The third kappa shape index (κ3) is 2.60. The Morgan fingerprint density at radius 1 is 1.12 bits per heavy atom. The first-order chi connectivity index (χ1) is 7.73. The fourth-order valence-corrected chi connectivity index (χ4v) is 3.40.